The first kappa shape index (κ1) is 18.9. The van der Waals surface area contributed by atoms with Gasteiger partial charge in [0.05, 0.1) is 12.2 Å². The molecule has 1 amide bonds. The van der Waals surface area contributed by atoms with Gasteiger partial charge in [-0.05, 0) is 31.5 Å². The molecule has 4 rings (SSSR count). The number of hydrogen-bond donors (Lipinski definition) is 0. The number of benzene rings is 1. The highest BCUT2D eigenvalue weighted by Gasteiger charge is 2.25. The van der Waals surface area contributed by atoms with E-state index in [4.69, 9.17) is 0 Å². The Bertz CT molecular complexity index is 815. The van der Waals surface area contributed by atoms with Crippen LogP contribution in [0.3, 0.4) is 0 Å². The average molecular weight is 385 g/mol. The largest absolute Gasteiger partial charge is 0.366 e. The lowest BCUT2D eigenvalue weighted by atomic mass is 9.97. The normalized spacial score (nSPS) is 19.8. The molecular weight excluding hydrogens is 357 g/mol. The third kappa shape index (κ3) is 4.19. The number of fused-ring (bicyclic) bond motifs is 1. The maximum Gasteiger partial charge on any atom is 0.236 e. The van der Waals surface area contributed by atoms with E-state index in [1.54, 1.807) is 12.1 Å². The maximum atomic E-state index is 14.0. The van der Waals surface area contributed by atoms with Gasteiger partial charge in [-0.15, -0.1) is 0 Å². The first-order chi connectivity index (χ1) is 13.6. The summed E-state index contributed by atoms with van der Waals surface area (Å²) in [6.07, 6.45) is 6.02. The van der Waals surface area contributed by atoms with Gasteiger partial charge in [-0.25, -0.2) is 9.37 Å². The van der Waals surface area contributed by atoms with Gasteiger partial charge in [-0.2, -0.15) is 0 Å². The molecule has 0 saturated carbocycles. The van der Waals surface area contributed by atoms with Gasteiger partial charge in [-0.1, -0.05) is 12.1 Å². The summed E-state index contributed by atoms with van der Waals surface area (Å²) < 4.78 is 16.2. The van der Waals surface area contributed by atoms with Crippen LogP contribution in [-0.2, 0) is 17.8 Å². The third-order valence-electron chi connectivity index (χ3n) is 5.85. The zero-order valence-electron chi connectivity index (χ0n) is 16.4. The van der Waals surface area contributed by atoms with Crippen molar-refractivity contribution in [1.29, 1.82) is 0 Å². The van der Waals surface area contributed by atoms with Gasteiger partial charge >= 0.3 is 0 Å². The van der Waals surface area contributed by atoms with Crippen LogP contribution >= 0.6 is 0 Å². The summed E-state index contributed by atoms with van der Waals surface area (Å²) in [7, 11) is 2.02. The van der Waals surface area contributed by atoms with E-state index in [2.05, 4.69) is 14.5 Å². The van der Waals surface area contributed by atoms with E-state index in [1.165, 1.54) is 6.07 Å². The standard InChI is InChI=1S/C21H28FN5O/c1-24(15-17-6-8-26-9-7-23-20(26)14-17)16-21(28)27-12-10-25(11-13-27)19-5-3-2-4-18(19)22/h2-5,7,9,17H,6,8,10-16H2,1H3. The van der Waals surface area contributed by atoms with Crippen LogP contribution in [0, 0.1) is 11.7 Å². The highest BCUT2D eigenvalue weighted by Crippen LogP contribution is 2.21. The Labute approximate surface area is 165 Å². The van der Waals surface area contributed by atoms with Crippen molar-refractivity contribution in [2.24, 2.45) is 5.92 Å². The first-order valence-electron chi connectivity index (χ1n) is 10.1. The van der Waals surface area contributed by atoms with E-state index in [1.807, 2.05) is 35.3 Å². The molecule has 28 heavy (non-hydrogen) atoms. The number of anilines is 1. The molecule has 150 valence electrons. The minimum absolute atomic E-state index is 0.160. The van der Waals surface area contributed by atoms with E-state index in [-0.39, 0.29) is 11.7 Å². The van der Waals surface area contributed by atoms with Crippen LogP contribution < -0.4 is 4.90 Å². The number of para-hydroxylation sites is 1. The highest BCUT2D eigenvalue weighted by atomic mass is 19.1. The molecule has 6 nitrogen and oxygen atoms in total. The van der Waals surface area contributed by atoms with Crippen molar-refractivity contribution in [2.45, 2.75) is 19.4 Å². The molecule has 1 atom stereocenters. The zero-order chi connectivity index (χ0) is 19.5. The highest BCUT2D eigenvalue weighted by molar-refractivity contribution is 5.78. The number of nitrogens with zero attached hydrogens (tertiary/aromatic N) is 5. The molecular formula is C21H28FN5O. The Morgan fingerprint density at radius 2 is 2.00 bits per heavy atom. The Morgan fingerprint density at radius 3 is 2.79 bits per heavy atom. The number of piperazine rings is 1. The summed E-state index contributed by atoms with van der Waals surface area (Å²) in [5, 5.41) is 0. The summed E-state index contributed by atoms with van der Waals surface area (Å²) in [6, 6.07) is 6.84. The van der Waals surface area contributed by atoms with Crippen LogP contribution in [-0.4, -0.2) is 71.6 Å². The fourth-order valence-electron chi connectivity index (χ4n) is 4.31. The van der Waals surface area contributed by atoms with Gasteiger partial charge in [-0.3, -0.25) is 9.69 Å². The number of hydrogen-bond acceptors (Lipinski definition) is 4. The minimum atomic E-state index is -0.199. The van der Waals surface area contributed by atoms with Gasteiger partial charge in [0.2, 0.25) is 5.91 Å². The second kappa shape index (κ2) is 8.31. The summed E-state index contributed by atoms with van der Waals surface area (Å²) in [5.41, 5.74) is 0.627. The van der Waals surface area contributed by atoms with Crippen molar-refractivity contribution in [3.63, 3.8) is 0 Å². The Kier molecular flexibility index (Phi) is 5.62. The van der Waals surface area contributed by atoms with Crippen molar-refractivity contribution in [3.05, 3.63) is 48.3 Å². The van der Waals surface area contributed by atoms with Gasteiger partial charge < -0.3 is 14.4 Å². The van der Waals surface area contributed by atoms with Crippen LogP contribution in [0.15, 0.2) is 36.7 Å². The van der Waals surface area contributed by atoms with Crippen molar-refractivity contribution in [1.82, 2.24) is 19.4 Å². The quantitative estimate of drug-likeness (QED) is 0.788. The summed E-state index contributed by atoms with van der Waals surface area (Å²) in [4.78, 5) is 23.2. The molecule has 0 radical (unpaired) electrons. The predicted molar refractivity (Wildman–Crippen MR) is 107 cm³/mol. The van der Waals surface area contributed by atoms with Crippen LogP contribution in [0.25, 0.3) is 0 Å². The van der Waals surface area contributed by atoms with Crippen LogP contribution in [0.1, 0.15) is 12.2 Å². The van der Waals surface area contributed by atoms with Gasteiger partial charge in [0, 0.05) is 58.1 Å². The predicted octanol–water partition coefficient (Wildman–Crippen LogP) is 1.87. The van der Waals surface area contributed by atoms with E-state index in [0.717, 1.165) is 31.8 Å². The van der Waals surface area contributed by atoms with Crippen molar-refractivity contribution in [2.75, 3.05) is 51.2 Å². The molecule has 0 N–H and O–H groups in total. The topological polar surface area (TPSA) is 44.6 Å². The SMILES string of the molecule is CN(CC(=O)N1CCN(c2ccccc2F)CC1)CC1CCn2ccnc2C1. The Balaban J connectivity index is 1.24. The van der Waals surface area contributed by atoms with Gasteiger partial charge in [0.1, 0.15) is 11.6 Å². The second-order valence-corrected chi connectivity index (χ2v) is 7.91. The van der Waals surface area contributed by atoms with Crippen LogP contribution in [0.2, 0.25) is 0 Å². The summed E-state index contributed by atoms with van der Waals surface area (Å²) >= 11 is 0. The number of amides is 1. The van der Waals surface area contributed by atoms with Crippen molar-refractivity contribution in [3.8, 4) is 0 Å². The molecule has 1 saturated heterocycles. The number of halogens is 1. The Morgan fingerprint density at radius 1 is 1.21 bits per heavy atom. The number of carbonyl (C=O) groups excluding carboxylic acids is 1. The number of aromatic nitrogens is 2. The first-order valence-corrected chi connectivity index (χ1v) is 10.1. The average Bonchev–Trinajstić information content (AvgIpc) is 3.16. The number of aryl methyl sites for hydroxylation is 1. The fraction of sp³-hybridized carbons (Fsp3) is 0.524. The van der Waals surface area contributed by atoms with Crippen molar-refractivity contribution >= 4 is 11.6 Å². The number of carbonyl (C=O) groups is 1. The third-order valence-corrected chi connectivity index (χ3v) is 5.85. The van der Waals surface area contributed by atoms with Crippen LogP contribution in [0.4, 0.5) is 10.1 Å². The molecule has 1 unspecified atom stereocenters. The summed E-state index contributed by atoms with van der Waals surface area (Å²) in [5.74, 6) is 1.66. The van der Waals surface area contributed by atoms with Gasteiger partial charge in [0.15, 0.2) is 0 Å². The van der Waals surface area contributed by atoms with E-state index < -0.39 is 0 Å². The zero-order valence-corrected chi connectivity index (χ0v) is 16.4. The molecule has 3 heterocycles. The molecule has 7 heteroatoms. The summed E-state index contributed by atoms with van der Waals surface area (Å²) in [6.45, 7) is 4.98. The molecule has 1 aromatic heterocycles. The second-order valence-electron chi connectivity index (χ2n) is 7.91. The molecule has 2 aliphatic heterocycles. The molecule has 0 aliphatic carbocycles. The fourth-order valence-corrected chi connectivity index (χ4v) is 4.31. The minimum Gasteiger partial charge on any atom is -0.366 e. The molecule has 1 fully saturated rings. The van der Waals surface area contributed by atoms with E-state index in [0.29, 0.717) is 44.3 Å². The number of imidazole rings is 1. The smallest absolute Gasteiger partial charge is 0.236 e. The number of rotatable bonds is 5. The van der Waals surface area contributed by atoms with E-state index >= 15 is 0 Å². The Hall–Kier alpha value is -2.41. The lowest BCUT2D eigenvalue weighted by Gasteiger charge is -2.37. The number of likely N-dealkylation sites (N-methyl/N-ethyl adjacent to an activating group) is 1. The van der Waals surface area contributed by atoms with E-state index in [9.17, 15) is 9.18 Å². The molecule has 2 aliphatic rings. The molecule has 1 aromatic carbocycles. The maximum absolute atomic E-state index is 14.0. The lowest BCUT2D eigenvalue weighted by Crippen LogP contribution is -2.51. The van der Waals surface area contributed by atoms with Gasteiger partial charge in [0.25, 0.3) is 0 Å². The lowest BCUT2D eigenvalue weighted by molar-refractivity contribution is -0.132. The monoisotopic (exact) mass is 385 g/mol. The molecule has 2 aromatic rings. The molecule has 0 bridgehead atoms. The van der Waals surface area contributed by atoms with Crippen LogP contribution in [0.5, 0.6) is 0 Å². The molecule has 0 spiro atoms. The van der Waals surface area contributed by atoms with Crippen molar-refractivity contribution < 1.29 is 9.18 Å².